The molecule has 0 bridgehead atoms. The van der Waals surface area contributed by atoms with Gasteiger partial charge < -0.3 is 5.32 Å². The molecule has 1 N–H and O–H groups in total. The lowest BCUT2D eigenvalue weighted by Crippen LogP contribution is -2.13. The van der Waals surface area contributed by atoms with Crippen LogP contribution in [0.25, 0.3) is 27.6 Å². The average molecular weight is 408 g/mol. The van der Waals surface area contributed by atoms with E-state index in [1.165, 1.54) is 21.9 Å². The van der Waals surface area contributed by atoms with Crippen LogP contribution >= 0.6 is 0 Å². The van der Waals surface area contributed by atoms with E-state index in [1.54, 1.807) is 6.08 Å². The normalized spacial score (nSPS) is 11.8. The Kier molecular flexibility index (Phi) is 5.90. The van der Waals surface area contributed by atoms with Crippen molar-refractivity contribution < 1.29 is 4.79 Å². The van der Waals surface area contributed by atoms with Gasteiger partial charge in [0.05, 0.1) is 0 Å². The number of benzene rings is 4. The molecule has 0 aliphatic heterocycles. The second kappa shape index (κ2) is 8.77. The van der Waals surface area contributed by atoms with Crippen LogP contribution in [0.4, 0.5) is 5.69 Å². The topological polar surface area (TPSA) is 29.1 Å². The van der Waals surface area contributed by atoms with Crippen LogP contribution in [0.1, 0.15) is 56.2 Å². The Morgan fingerprint density at radius 3 is 1.77 bits per heavy atom. The van der Waals surface area contributed by atoms with Gasteiger partial charge in [-0.25, -0.2) is 0 Å². The van der Waals surface area contributed by atoms with Crippen LogP contribution in [0.3, 0.4) is 0 Å². The number of rotatable bonds is 5. The lowest BCUT2D eigenvalue weighted by atomic mass is 9.92. The zero-order valence-electron chi connectivity index (χ0n) is 18.6. The van der Waals surface area contributed by atoms with Crippen molar-refractivity contribution in [3.8, 4) is 0 Å². The van der Waals surface area contributed by atoms with Gasteiger partial charge in [0.1, 0.15) is 0 Å². The fraction of sp³-hybridized carbons (Fsp3) is 0.207. The van der Waals surface area contributed by atoms with Gasteiger partial charge in [-0.2, -0.15) is 0 Å². The van der Waals surface area contributed by atoms with Gasteiger partial charge in [-0.3, -0.25) is 4.79 Å². The van der Waals surface area contributed by atoms with Gasteiger partial charge in [-0.1, -0.05) is 94.4 Å². The van der Waals surface area contributed by atoms with Gasteiger partial charge in [0, 0.05) is 11.8 Å². The van der Waals surface area contributed by atoms with Crippen molar-refractivity contribution in [3.05, 3.63) is 95.6 Å². The molecule has 156 valence electrons. The minimum Gasteiger partial charge on any atom is -0.322 e. The highest BCUT2D eigenvalue weighted by Gasteiger charge is 2.15. The minimum atomic E-state index is -0.105. The maximum atomic E-state index is 13.0. The highest BCUT2D eigenvalue weighted by molar-refractivity contribution is 6.10. The molecule has 2 nitrogen and oxygen atoms in total. The van der Waals surface area contributed by atoms with Crippen LogP contribution < -0.4 is 5.32 Å². The molecular weight excluding hydrogens is 378 g/mol. The summed E-state index contributed by atoms with van der Waals surface area (Å²) < 4.78 is 0. The van der Waals surface area contributed by atoms with Gasteiger partial charge >= 0.3 is 0 Å². The molecule has 0 saturated carbocycles. The molecule has 4 aromatic rings. The lowest BCUT2D eigenvalue weighted by molar-refractivity contribution is -0.111. The average Bonchev–Trinajstić information content (AvgIpc) is 2.76. The summed E-state index contributed by atoms with van der Waals surface area (Å²) in [7, 11) is 0. The third-order valence-electron chi connectivity index (χ3n) is 5.84. The van der Waals surface area contributed by atoms with Crippen molar-refractivity contribution in [1.82, 2.24) is 0 Å². The summed E-state index contributed by atoms with van der Waals surface area (Å²) in [6.07, 6.45) is 3.61. The SMILES string of the molecule is CC(C)c1cccc(C(C)C)c1NC(=O)/C=C/c1c2ccccc2cc2ccccc12. The smallest absolute Gasteiger partial charge is 0.248 e. The van der Waals surface area contributed by atoms with E-state index in [2.05, 4.69) is 81.5 Å². The second-order valence-electron chi connectivity index (χ2n) is 8.68. The van der Waals surface area contributed by atoms with Gasteiger partial charge in [0.15, 0.2) is 0 Å². The molecule has 0 aliphatic rings. The van der Waals surface area contributed by atoms with E-state index in [9.17, 15) is 4.79 Å². The Labute approximate surface area is 184 Å². The number of para-hydroxylation sites is 1. The second-order valence-corrected chi connectivity index (χ2v) is 8.68. The molecule has 0 saturated heterocycles. The van der Waals surface area contributed by atoms with Crippen LogP contribution in [0, 0.1) is 0 Å². The molecule has 0 aliphatic carbocycles. The van der Waals surface area contributed by atoms with Gasteiger partial charge in [-0.15, -0.1) is 0 Å². The Bertz CT molecular complexity index is 1200. The minimum absolute atomic E-state index is 0.105. The summed E-state index contributed by atoms with van der Waals surface area (Å²) in [5, 5.41) is 7.83. The van der Waals surface area contributed by atoms with E-state index >= 15 is 0 Å². The van der Waals surface area contributed by atoms with E-state index in [0.717, 1.165) is 22.0 Å². The Hall–Kier alpha value is -3.39. The number of nitrogens with one attached hydrogen (secondary N) is 1. The van der Waals surface area contributed by atoms with E-state index < -0.39 is 0 Å². The number of hydrogen-bond acceptors (Lipinski definition) is 1. The quantitative estimate of drug-likeness (QED) is 0.264. The fourth-order valence-electron chi connectivity index (χ4n) is 4.25. The number of carbonyl (C=O) groups excluding carboxylic acids is 1. The summed E-state index contributed by atoms with van der Waals surface area (Å²) in [5.74, 6) is 0.562. The molecule has 0 unspecified atom stereocenters. The summed E-state index contributed by atoms with van der Waals surface area (Å²) >= 11 is 0. The van der Waals surface area contributed by atoms with Crippen molar-refractivity contribution in [2.24, 2.45) is 0 Å². The van der Waals surface area contributed by atoms with E-state index in [4.69, 9.17) is 0 Å². The Morgan fingerprint density at radius 2 is 1.26 bits per heavy atom. The number of hydrogen-bond donors (Lipinski definition) is 1. The zero-order valence-corrected chi connectivity index (χ0v) is 18.6. The highest BCUT2D eigenvalue weighted by atomic mass is 16.1. The first-order chi connectivity index (χ1) is 15.0. The Balaban J connectivity index is 1.74. The summed E-state index contributed by atoms with van der Waals surface area (Å²) in [4.78, 5) is 13.0. The number of carbonyl (C=O) groups is 1. The largest absolute Gasteiger partial charge is 0.322 e. The van der Waals surface area contributed by atoms with Crippen molar-refractivity contribution in [3.63, 3.8) is 0 Å². The van der Waals surface area contributed by atoms with Crippen LogP contribution in [-0.2, 0) is 4.79 Å². The van der Waals surface area contributed by atoms with E-state index in [-0.39, 0.29) is 5.91 Å². The zero-order chi connectivity index (χ0) is 22.0. The van der Waals surface area contributed by atoms with Crippen molar-refractivity contribution >= 4 is 39.2 Å². The molecule has 0 atom stereocenters. The molecule has 4 rings (SSSR count). The van der Waals surface area contributed by atoms with Crippen LogP contribution in [0.15, 0.2) is 78.9 Å². The first-order valence-electron chi connectivity index (χ1n) is 11.0. The molecule has 2 heteroatoms. The highest BCUT2D eigenvalue weighted by Crippen LogP contribution is 2.33. The monoisotopic (exact) mass is 407 g/mol. The first kappa shape index (κ1) is 20.9. The molecule has 0 radical (unpaired) electrons. The molecular formula is C29H29NO. The predicted octanol–water partition coefficient (Wildman–Crippen LogP) is 7.89. The standard InChI is InChI=1S/C29H29NO/c1-19(2)23-14-9-15-24(20(3)4)29(23)30-28(31)17-16-27-25-12-7-5-10-21(25)18-22-11-6-8-13-26(22)27/h5-20H,1-4H3,(H,30,31)/b17-16+. The lowest BCUT2D eigenvalue weighted by Gasteiger charge is -2.19. The number of anilines is 1. The van der Waals surface area contributed by atoms with Gasteiger partial charge in [0.2, 0.25) is 5.91 Å². The van der Waals surface area contributed by atoms with Crippen LogP contribution in [0.2, 0.25) is 0 Å². The first-order valence-corrected chi connectivity index (χ1v) is 11.0. The van der Waals surface area contributed by atoms with Crippen molar-refractivity contribution in [1.29, 1.82) is 0 Å². The summed E-state index contributed by atoms with van der Waals surface area (Å²) in [5.41, 5.74) is 4.36. The molecule has 1 amide bonds. The number of fused-ring (bicyclic) bond motifs is 2. The van der Waals surface area contributed by atoms with E-state index in [1.807, 2.05) is 30.3 Å². The maximum absolute atomic E-state index is 13.0. The van der Waals surface area contributed by atoms with Crippen LogP contribution in [-0.4, -0.2) is 5.91 Å². The van der Waals surface area contributed by atoms with E-state index in [0.29, 0.717) is 11.8 Å². The molecule has 0 heterocycles. The maximum Gasteiger partial charge on any atom is 0.248 e. The van der Waals surface area contributed by atoms with Gasteiger partial charge in [-0.05, 0) is 62.2 Å². The summed E-state index contributed by atoms with van der Waals surface area (Å²) in [6.45, 7) is 8.64. The molecule has 0 spiro atoms. The van der Waals surface area contributed by atoms with Crippen molar-refractivity contribution in [2.45, 2.75) is 39.5 Å². The Morgan fingerprint density at radius 1 is 0.742 bits per heavy atom. The molecule has 0 aromatic heterocycles. The number of amides is 1. The summed E-state index contributed by atoms with van der Waals surface area (Å²) in [6, 6.07) is 25.1. The predicted molar refractivity (Wildman–Crippen MR) is 134 cm³/mol. The van der Waals surface area contributed by atoms with Gasteiger partial charge in [0.25, 0.3) is 0 Å². The molecule has 0 fully saturated rings. The molecule has 4 aromatic carbocycles. The fourth-order valence-corrected chi connectivity index (χ4v) is 4.25. The third kappa shape index (κ3) is 4.25. The van der Waals surface area contributed by atoms with Crippen LogP contribution in [0.5, 0.6) is 0 Å². The third-order valence-corrected chi connectivity index (χ3v) is 5.84. The molecule has 31 heavy (non-hydrogen) atoms. The van der Waals surface area contributed by atoms with Crippen molar-refractivity contribution in [2.75, 3.05) is 5.32 Å².